The summed E-state index contributed by atoms with van der Waals surface area (Å²) in [5.41, 5.74) is 6.85. The van der Waals surface area contributed by atoms with E-state index in [1.807, 2.05) is 22.9 Å². The smallest absolute Gasteiger partial charge is 0.0788 e. The van der Waals surface area contributed by atoms with Crippen molar-refractivity contribution in [2.75, 3.05) is 5.84 Å². The molecule has 1 heterocycles. The average molecular weight is 351 g/mol. The zero-order chi connectivity index (χ0) is 17.5. The monoisotopic (exact) mass is 351 g/mol. The van der Waals surface area contributed by atoms with Crippen LogP contribution in [0.1, 0.15) is 0 Å². The first-order valence-electron chi connectivity index (χ1n) is 8.76. The Morgan fingerprint density at radius 1 is 0.556 bits per heavy atom. The molecule has 3 nitrogen and oxygen atoms in total. The van der Waals surface area contributed by atoms with Crippen molar-refractivity contribution in [3.8, 4) is 22.3 Å². The molecule has 0 saturated heterocycles. The lowest BCUT2D eigenvalue weighted by atomic mass is 9.92. The van der Waals surface area contributed by atoms with Crippen molar-refractivity contribution < 1.29 is 0 Å². The summed E-state index contributed by atoms with van der Waals surface area (Å²) < 4.78 is 1.83. The van der Waals surface area contributed by atoms with Crippen molar-refractivity contribution in [3.05, 3.63) is 97.1 Å². The van der Waals surface area contributed by atoms with E-state index >= 15 is 0 Å². The van der Waals surface area contributed by atoms with Gasteiger partial charge in [-0.1, -0.05) is 91.0 Å². The fraction of sp³-hybridized carbons (Fsp3) is 0. The van der Waals surface area contributed by atoms with Crippen LogP contribution >= 0.6 is 0 Å². The Morgan fingerprint density at radius 2 is 1.15 bits per heavy atom. The van der Waals surface area contributed by atoms with Crippen LogP contribution in [0.4, 0.5) is 0 Å². The van der Waals surface area contributed by atoms with Crippen LogP contribution in [-0.4, -0.2) is 4.68 Å². The predicted molar refractivity (Wildman–Crippen MR) is 115 cm³/mol. The summed E-state index contributed by atoms with van der Waals surface area (Å²) in [4.78, 5) is 0. The number of nitrogen functional groups attached to an aromatic ring is 1. The number of nitrogens with zero attached hydrogens (tertiary/aromatic N) is 1. The summed E-state index contributed by atoms with van der Waals surface area (Å²) in [5, 5.41) is 2.36. The van der Waals surface area contributed by atoms with Crippen molar-refractivity contribution in [2.24, 2.45) is 0 Å². The molecule has 27 heavy (non-hydrogen) atoms. The lowest BCUT2D eigenvalue weighted by Gasteiger charge is -2.13. The molecule has 4 aromatic carbocycles. The minimum Gasteiger partial charge on any atom is -0.344 e. The van der Waals surface area contributed by atoms with Crippen LogP contribution < -0.4 is 12.0 Å². The largest absolute Gasteiger partial charge is 0.344 e. The van der Waals surface area contributed by atoms with Gasteiger partial charge in [0.2, 0.25) is 0 Å². The lowest BCUT2D eigenvalue weighted by Crippen LogP contribution is -2.08. The maximum absolute atomic E-state index is 6.58. The maximum atomic E-state index is 6.58. The van der Waals surface area contributed by atoms with Gasteiger partial charge >= 0.3 is 0 Å². The highest BCUT2D eigenvalue weighted by Gasteiger charge is 2.17. The van der Waals surface area contributed by atoms with Crippen molar-refractivity contribution in [3.63, 3.8) is 0 Å². The number of hydrogen-bond acceptors (Lipinski definition) is 2. The van der Waals surface area contributed by atoms with Crippen LogP contribution in [0, 0.1) is 0 Å². The van der Waals surface area contributed by atoms with Crippen LogP contribution in [0.25, 0.3) is 44.1 Å². The molecule has 0 fully saturated rings. The second-order valence-electron chi connectivity index (χ2n) is 6.50. The molecule has 0 aliphatic heterocycles. The summed E-state index contributed by atoms with van der Waals surface area (Å²) >= 11 is 0. The standard InChI is InChI=1S/C24H18N2.H3N/c25-26-22-14-8-7-13-20(22)21-16-15-19(17-9-3-1-4-10-17)23(24(21)26)18-11-5-2-6-12-18;/h1-16H,25H2;1H3. The fourth-order valence-corrected chi connectivity index (χ4v) is 3.85. The Labute approximate surface area is 158 Å². The molecular weight excluding hydrogens is 330 g/mol. The number of benzene rings is 4. The number of hydrogen-bond donors (Lipinski definition) is 2. The molecule has 5 rings (SSSR count). The third-order valence-corrected chi connectivity index (χ3v) is 5.02. The molecule has 0 bridgehead atoms. The van der Waals surface area contributed by atoms with E-state index < -0.39 is 0 Å². The summed E-state index contributed by atoms with van der Waals surface area (Å²) in [6, 6.07) is 33.7. The first-order valence-corrected chi connectivity index (χ1v) is 8.76. The van der Waals surface area contributed by atoms with Crippen molar-refractivity contribution in [1.82, 2.24) is 10.8 Å². The van der Waals surface area contributed by atoms with Gasteiger partial charge in [-0.25, -0.2) is 0 Å². The van der Waals surface area contributed by atoms with E-state index in [0.29, 0.717) is 0 Å². The summed E-state index contributed by atoms with van der Waals surface area (Å²) in [6.07, 6.45) is 0. The highest BCUT2D eigenvalue weighted by Crippen LogP contribution is 2.40. The van der Waals surface area contributed by atoms with Gasteiger partial charge in [-0.3, -0.25) is 4.68 Å². The number of aromatic nitrogens is 1. The normalized spacial score (nSPS) is 10.8. The number of nitrogens with two attached hydrogens (primary N) is 1. The Kier molecular flexibility index (Phi) is 4.15. The predicted octanol–water partition coefficient (Wildman–Crippen LogP) is 6.00. The highest BCUT2D eigenvalue weighted by molar-refractivity contribution is 6.15. The van der Waals surface area contributed by atoms with Crippen LogP contribution in [0.5, 0.6) is 0 Å². The molecule has 0 spiro atoms. The molecule has 5 aromatic rings. The fourth-order valence-electron chi connectivity index (χ4n) is 3.85. The van der Waals surface area contributed by atoms with Crippen LogP contribution in [-0.2, 0) is 0 Å². The molecule has 0 saturated carbocycles. The van der Waals surface area contributed by atoms with Gasteiger partial charge < -0.3 is 12.0 Å². The number of fused-ring (bicyclic) bond motifs is 3. The molecule has 132 valence electrons. The molecule has 0 aliphatic rings. The SMILES string of the molecule is N.Nn1c2ccccc2c2ccc(-c3ccccc3)c(-c3ccccc3)c21. The Balaban J connectivity index is 0.00000180. The zero-order valence-electron chi connectivity index (χ0n) is 15.0. The summed E-state index contributed by atoms with van der Waals surface area (Å²) in [5.74, 6) is 6.58. The molecule has 3 heteroatoms. The van der Waals surface area contributed by atoms with Gasteiger partial charge in [-0.2, -0.15) is 0 Å². The van der Waals surface area contributed by atoms with Crippen LogP contribution in [0.2, 0.25) is 0 Å². The third-order valence-electron chi connectivity index (χ3n) is 5.02. The summed E-state index contributed by atoms with van der Waals surface area (Å²) in [6.45, 7) is 0. The van der Waals surface area contributed by atoms with Crippen LogP contribution in [0.3, 0.4) is 0 Å². The second-order valence-corrected chi connectivity index (χ2v) is 6.50. The van der Waals surface area contributed by atoms with E-state index in [1.54, 1.807) is 0 Å². The molecule has 0 atom stereocenters. The Bertz CT molecular complexity index is 1220. The molecule has 0 unspecified atom stereocenters. The van der Waals surface area contributed by atoms with Crippen molar-refractivity contribution in [2.45, 2.75) is 0 Å². The topological polar surface area (TPSA) is 65.9 Å². The van der Waals surface area contributed by atoms with E-state index in [0.717, 1.165) is 11.0 Å². The number of rotatable bonds is 2. The highest BCUT2D eigenvalue weighted by atomic mass is 15.3. The number of para-hydroxylation sites is 1. The van der Waals surface area contributed by atoms with E-state index in [9.17, 15) is 0 Å². The quantitative estimate of drug-likeness (QED) is 0.383. The lowest BCUT2D eigenvalue weighted by molar-refractivity contribution is 1.12. The third kappa shape index (κ3) is 2.57. The van der Waals surface area contributed by atoms with Crippen molar-refractivity contribution in [1.29, 1.82) is 0 Å². The minimum atomic E-state index is 0. The van der Waals surface area contributed by atoms with Crippen molar-refractivity contribution >= 4 is 21.8 Å². The van der Waals surface area contributed by atoms with Gasteiger partial charge in [0.25, 0.3) is 0 Å². The van der Waals surface area contributed by atoms with E-state index in [1.165, 1.54) is 33.0 Å². The van der Waals surface area contributed by atoms with E-state index in [4.69, 9.17) is 5.84 Å². The first-order chi connectivity index (χ1) is 12.8. The van der Waals surface area contributed by atoms with Gasteiger partial charge in [0.1, 0.15) is 0 Å². The van der Waals surface area contributed by atoms with E-state index in [2.05, 4.69) is 78.9 Å². The molecule has 5 N–H and O–H groups in total. The molecule has 0 aliphatic carbocycles. The average Bonchev–Trinajstić information content (AvgIpc) is 3.01. The molecule has 0 amide bonds. The molecule has 1 aromatic heterocycles. The maximum Gasteiger partial charge on any atom is 0.0788 e. The van der Waals surface area contributed by atoms with Gasteiger partial charge in [0, 0.05) is 16.3 Å². The van der Waals surface area contributed by atoms with Gasteiger partial charge in [-0.05, 0) is 22.8 Å². The van der Waals surface area contributed by atoms with Gasteiger partial charge in [-0.15, -0.1) is 0 Å². The van der Waals surface area contributed by atoms with E-state index in [-0.39, 0.29) is 6.15 Å². The summed E-state index contributed by atoms with van der Waals surface area (Å²) in [7, 11) is 0. The minimum absolute atomic E-state index is 0. The Hall–Kier alpha value is -3.56. The molecule has 0 radical (unpaired) electrons. The van der Waals surface area contributed by atoms with Gasteiger partial charge in [0.15, 0.2) is 0 Å². The van der Waals surface area contributed by atoms with Gasteiger partial charge in [0.05, 0.1) is 11.0 Å². The molecular formula is C24H21N3. The zero-order valence-corrected chi connectivity index (χ0v) is 15.0. The first kappa shape index (κ1) is 16.9. The Morgan fingerprint density at radius 3 is 1.85 bits per heavy atom. The van der Waals surface area contributed by atoms with Crippen LogP contribution in [0.15, 0.2) is 97.1 Å². The second kappa shape index (κ2) is 6.63.